The number of nitrogens with two attached hydrogens (primary N) is 1. The number of nitrogens with zero attached hydrogens (tertiary/aromatic N) is 1. The number of aromatic nitrogens is 1. The van der Waals surface area contributed by atoms with Crippen LogP contribution >= 0.6 is 11.6 Å². The van der Waals surface area contributed by atoms with Gasteiger partial charge in [0.05, 0.1) is 10.5 Å². The summed E-state index contributed by atoms with van der Waals surface area (Å²) in [6.45, 7) is 0. The molecule has 0 radical (unpaired) electrons. The van der Waals surface area contributed by atoms with Crippen LogP contribution in [0.15, 0.2) is 54.7 Å². The van der Waals surface area contributed by atoms with Crippen LogP contribution in [0.3, 0.4) is 0 Å². The first kappa shape index (κ1) is 13.4. The quantitative estimate of drug-likeness (QED) is 0.567. The summed E-state index contributed by atoms with van der Waals surface area (Å²) in [4.78, 5) is 4.29. The Morgan fingerprint density at radius 3 is 2.76 bits per heavy atom. The Morgan fingerprint density at radius 2 is 2.00 bits per heavy atom. The normalized spacial score (nSPS) is 10.5. The Bertz CT molecular complexity index is 833. The maximum atomic E-state index is 7.38. The topological polar surface area (TPSA) is 72.0 Å². The van der Waals surface area contributed by atoms with Gasteiger partial charge in [-0.05, 0) is 36.4 Å². The Hall–Kier alpha value is -2.59. The van der Waals surface area contributed by atoms with Crippen molar-refractivity contribution in [3.8, 4) is 11.5 Å². The molecule has 0 unspecified atom stereocenters. The molecule has 0 saturated carbocycles. The van der Waals surface area contributed by atoms with E-state index in [2.05, 4.69) is 4.98 Å². The van der Waals surface area contributed by atoms with Crippen molar-refractivity contribution in [2.75, 3.05) is 0 Å². The van der Waals surface area contributed by atoms with E-state index in [9.17, 15) is 0 Å². The van der Waals surface area contributed by atoms with Crippen LogP contribution in [-0.2, 0) is 0 Å². The van der Waals surface area contributed by atoms with Crippen molar-refractivity contribution in [2.24, 2.45) is 5.73 Å². The summed E-state index contributed by atoms with van der Waals surface area (Å²) in [7, 11) is 0. The molecule has 104 valence electrons. The molecule has 0 amide bonds. The molecule has 1 heterocycles. The van der Waals surface area contributed by atoms with Gasteiger partial charge in [-0.25, -0.2) is 0 Å². The van der Waals surface area contributed by atoms with Gasteiger partial charge in [-0.2, -0.15) is 0 Å². The zero-order valence-corrected chi connectivity index (χ0v) is 11.8. The second-order valence-corrected chi connectivity index (χ2v) is 4.93. The highest BCUT2D eigenvalue weighted by molar-refractivity contribution is 6.32. The van der Waals surface area contributed by atoms with E-state index in [1.165, 1.54) is 0 Å². The molecule has 2 aromatic carbocycles. The molecule has 0 saturated heterocycles. The first-order valence-corrected chi connectivity index (χ1v) is 6.68. The minimum Gasteiger partial charge on any atom is -0.456 e. The molecule has 3 aromatic rings. The average molecular weight is 298 g/mol. The molecule has 5 heteroatoms. The predicted molar refractivity (Wildman–Crippen MR) is 84.3 cm³/mol. The van der Waals surface area contributed by atoms with Crippen molar-refractivity contribution in [3.05, 3.63) is 65.3 Å². The van der Waals surface area contributed by atoms with Gasteiger partial charge in [-0.3, -0.25) is 10.4 Å². The van der Waals surface area contributed by atoms with Crippen molar-refractivity contribution in [3.63, 3.8) is 0 Å². The fourth-order valence-electron chi connectivity index (χ4n) is 1.99. The van der Waals surface area contributed by atoms with Gasteiger partial charge in [0.2, 0.25) is 0 Å². The minimum atomic E-state index is -0.0293. The Morgan fingerprint density at radius 1 is 1.14 bits per heavy atom. The van der Waals surface area contributed by atoms with Crippen molar-refractivity contribution < 1.29 is 4.74 Å². The van der Waals surface area contributed by atoms with Crippen LogP contribution in [0.5, 0.6) is 11.5 Å². The van der Waals surface area contributed by atoms with Crippen LogP contribution in [0.4, 0.5) is 0 Å². The van der Waals surface area contributed by atoms with Gasteiger partial charge in [-0.1, -0.05) is 17.7 Å². The number of nitrogens with one attached hydrogen (secondary N) is 1. The molecule has 0 aliphatic heterocycles. The molecule has 1 aromatic heterocycles. The second-order valence-electron chi connectivity index (χ2n) is 4.52. The highest BCUT2D eigenvalue weighted by Crippen LogP contribution is 2.31. The van der Waals surface area contributed by atoms with Crippen molar-refractivity contribution >= 4 is 28.3 Å². The summed E-state index contributed by atoms with van der Waals surface area (Å²) in [5, 5.41) is 8.83. The molecule has 0 atom stereocenters. The third-order valence-electron chi connectivity index (χ3n) is 3.05. The lowest BCUT2D eigenvalue weighted by atomic mass is 10.2. The second kappa shape index (κ2) is 5.42. The Labute approximate surface area is 126 Å². The summed E-state index contributed by atoms with van der Waals surface area (Å²) < 4.78 is 5.77. The first-order chi connectivity index (χ1) is 10.1. The smallest absolute Gasteiger partial charge is 0.146 e. The van der Waals surface area contributed by atoms with Crippen LogP contribution in [0, 0.1) is 5.41 Å². The minimum absolute atomic E-state index is 0.0293. The average Bonchev–Trinajstić information content (AvgIpc) is 2.49. The zero-order chi connectivity index (χ0) is 14.8. The summed E-state index contributed by atoms with van der Waals surface area (Å²) in [6.07, 6.45) is 1.74. The number of hydrogen-bond acceptors (Lipinski definition) is 3. The highest BCUT2D eigenvalue weighted by atomic mass is 35.5. The fraction of sp³-hybridized carbons (Fsp3) is 0. The number of hydrogen-bond donors (Lipinski definition) is 2. The number of amidine groups is 1. The van der Waals surface area contributed by atoms with E-state index in [1.807, 2.05) is 30.3 Å². The number of nitrogen functional groups attached to an aromatic ring is 1. The zero-order valence-electron chi connectivity index (χ0n) is 11.0. The molecule has 0 fully saturated rings. The standard InChI is InChI=1S/C16H12ClN3O/c17-13-8-11(16(18)19)4-6-15(13)21-12-5-3-10-2-1-7-20-14(10)9-12/h1-9H,(H3,18,19). The molecule has 3 rings (SSSR count). The first-order valence-electron chi connectivity index (χ1n) is 6.30. The van der Waals surface area contributed by atoms with E-state index in [4.69, 9.17) is 27.5 Å². The van der Waals surface area contributed by atoms with E-state index in [0.717, 1.165) is 10.9 Å². The van der Waals surface area contributed by atoms with Gasteiger partial charge in [0.15, 0.2) is 0 Å². The molecule has 0 aliphatic rings. The molecule has 0 aliphatic carbocycles. The molecule has 0 spiro atoms. The monoisotopic (exact) mass is 297 g/mol. The van der Waals surface area contributed by atoms with Gasteiger partial charge in [-0.15, -0.1) is 0 Å². The molecule has 3 N–H and O–H groups in total. The molecular weight excluding hydrogens is 286 g/mol. The van der Waals surface area contributed by atoms with Crippen LogP contribution in [-0.4, -0.2) is 10.8 Å². The Kier molecular flexibility index (Phi) is 3.46. The molecule has 21 heavy (non-hydrogen) atoms. The number of pyridine rings is 1. The SMILES string of the molecule is N=C(N)c1ccc(Oc2ccc3cccnc3c2)c(Cl)c1. The summed E-state index contributed by atoms with van der Waals surface area (Å²) in [6, 6.07) is 14.5. The van der Waals surface area contributed by atoms with Crippen molar-refractivity contribution in [1.29, 1.82) is 5.41 Å². The maximum Gasteiger partial charge on any atom is 0.146 e. The number of ether oxygens (including phenoxy) is 1. The van der Waals surface area contributed by atoms with Gasteiger partial charge in [0.1, 0.15) is 17.3 Å². The lowest BCUT2D eigenvalue weighted by molar-refractivity contribution is 0.483. The number of rotatable bonds is 3. The van der Waals surface area contributed by atoms with Crippen molar-refractivity contribution in [1.82, 2.24) is 4.98 Å². The predicted octanol–water partition coefficient (Wildman–Crippen LogP) is 3.96. The van der Waals surface area contributed by atoms with Gasteiger partial charge in [0.25, 0.3) is 0 Å². The van der Waals surface area contributed by atoms with E-state index in [1.54, 1.807) is 24.4 Å². The third-order valence-corrected chi connectivity index (χ3v) is 3.34. The third kappa shape index (κ3) is 2.80. The van der Waals surface area contributed by atoms with E-state index < -0.39 is 0 Å². The highest BCUT2D eigenvalue weighted by Gasteiger charge is 2.07. The van der Waals surface area contributed by atoms with Crippen molar-refractivity contribution in [2.45, 2.75) is 0 Å². The lowest BCUT2D eigenvalue weighted by Crippen LogP contribution is -2.10. The van der Waals surface area contributed by atoms with Gasteiger partial charge < -0.3 is 10.5 Å². The molecule has 0 bridgehead atoms. The van der Waals surface area contributed by atoms with Crippen LogP contribution in [0.25, 0.3) is 10.9 Å². The number of fused-ring (bicyclic) bond motifs is 1. The van der Waals surface area contributed by atoms with E-state index in [-0.39, 0.29) is 5.84 Å². The Balaban J connectivity index is 1.93. The summed E-state index contributed by atoms with van der Waals surface area (Å²) >= 11 is 6.15. The van der Waals surface area contributed by atoms with Crippen LogP contribution in [0.1, 0.15) is 5.56 Å². The largest absolute Gasteiger partial charge is 0.456 e. The number of benzene rings is 2. The lowest BCUT2D eigenvalue weighted by Gasteiger charge is -2.09. The van der Waals surface area contributed by atoms with Crippen LogP contribution < -0.4 is 10.5 Å². The van der Waals surface area contributed by atoms with E-state index in [0.29, 0.717) is 22.1 Å². The summed E-state index contributed by atoms with van der Waals surface area (Å²) in [5.74, 6) is 1.13. The van der Waals surface area contributed by atoms with Gasteiger partial charge in [0, 0.05) is 23.2 Å². The van der Waals surface area contributed by atoms with Gasteiger partial charge >= 0.3 is 0 Å². The van der Waals surface area contributed by atoms with E-state index >= 15 is 0 Å². The summed E-state index contributed by atoms with van der Waals surface area (Å²) in [5.41, 5.74) is 6.84. The number of halogens is 1. The fourth-order valence-corrected chi connectivity index (χ4v) is 2.21. The molecular formula is C16H12ClN3O. The molecule has 4 nitrogen and oxygen atoms in total. The van der Waals surface area contributed by atoms with Crippen LogP contribution in [0.2, 0.25) is 5.02 Å². The maximum absolute atomic E-state index is 7.38.